The van der Waals surface area contributed by atoms with Crippen LogP contribution in [0.2, 0.25) is 0 Å². The molecule has 0 radical (unpaired) electrons. The highest BCUT2D eigenvalue weighted by Crippen LogP contribution is 2.51. The number of hydrogen-bond acceptors (Lipinski definition) is 6. The third kappa shape index (κ3) is 4.85. The summed E-state index contributed by atoms with van der Waals surface area (Å²) in [5, 5.41) is 12.2. The first-order chi connectivity index (χ1) is 15.8. The van der Waals surface area contributed by atoms with Gasteiger partial charge in [0.25, 0.3) is 5.91 Å². The van der Waals surface area contributed by atoms with Gasteiger partial charge in [0, 0.05) is 4.75 Å². The van der Waals surface area contributed by atoms with Gasteiger partial charge in [0.15, 0.2) is 17.1 Å². The molecule has 2 aliphatic heterocycles. The molecule has 0 saturated carbocycles. The average molecular weight is 493 g/mol. The van der Waals surface area contributed by atoms with Gasteiger partial charge in [-0.1, -0.05) is 39.8 Å². The van der Waals surface area contributed by atoms with E-state index in [0.29, 0.717) is 24.3 Å². The molecule has 2 heterocycles. The van der Waals surface area contributed by atoms with E-state index in [0.717, 1.165) is 0 Å². The molecule has 9 heteroatoms. The van der Waals surface area contributed by atoms with Crippen molar-refractivity contribution in [3.05, 3.63) is 24.3 Å². The molecule has 3 rings (SSSR count). The topological polar surface area (TPSA) is 105 Å². The number of carboxylic acids is 1. The molecule has 0 bridgehead atoms. The number of methoxy groups -OCH3 is 1. The van der Waals surface area contributed by atoms with E-state index >= 15 is 0 Å². The second-order valence-electron chi connectivity index (χ2n) is 10.5. The maximum absolute atomic E-state index is 13.9. The van der Waals surface area contributed by atoms with Crippen LogP contribution in [0.4, 0.5) is 0 Å². The van der Waals surface area contributed by atoms with Gasteiger partial charge in [-0.05, 0) is 50.7 Å². The van der Waals surface area contributed by atoms with Gasteiger partial charge < -0.3 is 24.8 Å². The SMILES string of the molecule is COc1ccccc1OC(CC(C)C)(CC(C)C)C(=O)N[C@@H]1C(=O)N2[C@@H]1SC(C)(C)[C@@H]2C(=O)O. The smallest absolute Gasteiger partial charge is 0.327 e. The van der Waals surface area contributed by atoms with Crippen molar-refractivity contribution in [1.82, 2.24) is 10.2 Å². The number of ether oxygens (including phenoxy) is 2. The van der Waals surface area contributed by atoms with E-state index in [9.17, 15) is 19.5 Å². The molecule has 188 valence electrons. The van der Waals surface area contributed by atoms with Crippen molar-refractivity contribution in [1.29, 1.82) is 0 Å². The first-order valence-corrected chi connectivity index (χ1v) is 12.6. The number of thioether (sulfide) groups is 1. The van der Waals surface area contributed by atoms with Gasteiger partial charge >= 0.3 is 5.97 Å². The summed E-state index contributed by atoms with van der Waals surface area (Å²) in [7, 11) is 1.55. The molecule has 2 aliphatic rings. The maximum Gasteiger partial charge on any atom is 0.327 e. The third-order valence-corrected chi connectivity index (χ3v) is 7.80. The van der Waals surface area contributed by atoms with Crippen LogP contribution in [0.3, 0.4) is 0 Å². The zero-order valence-corrected chi connectivity index (χ0v) is 21.8. The molecule has 8 nitrogen and oxygen atoms in total. The largest absolute Gasteiger partial charge is 0.493 e. The maximum atomic E-state index is 13.9. The lowest BCUT2D eigenvalue weighted by atomic mass is 9.83. The first kappa shape index (κ1) is 26.2. The van der Waals surface area contributed by atoms with Crippen LogP contribution in [0.1, 0.15) is 54.4 Å². The zero-order valence-electron chi connectivity index (χ0n) is 21.0. The summed E-state index contributed by atoms with van der Waals surface area (Å²) in [5.41, 5.74) is -1.22. The van der Waals surface area contributed by atoms with Crippen LogP contribution >= 0.6 is 11.8 Å². The molecule has 0 aliphatic carbocycles. The van der Waals surface area contributed by atoms with E-state index in [2.05, 4.69) is 5.32 Å². The Balaban J connectivity index is 1.91. The summed E-state index contributed by atoms with van der Waals surface area (Å²) < 4.78 is 11.2. The van der Waals surface area contributed by atoms with Gasteiger partial charge in [-0.15, -0.1) is 11.8 Å². The molecule has 2 N–H and O–H groups in total. The van der Waals surface area contributed by atoms with Crippen molar-refractivity contribution < 1.29 is 29.0 Å². The summed E-state index contributed by atoms with van der Waals surface area (Å²) >= 11 is 1.41. The number of aliphatic carboxylic acids is 1. The van der Waals surface area contributed by atoms with Gasteiger partial charge in [0.05, 0.1) is 7.11 Å². The molecule has 3 atom stereocenters. The number of fused-ring (bicyclic) bond motifs is 1. The van der Waals surface area contributed by atoms with E-state index in [1.54, 1.807) is 19.2 Å². The highest BCUT2D eigenvalue weighted by molar-refractivity contribution is 8.01. The molecular formula is C25H36N2O6S. The molecular weight excluding hydrogens is 456 g/mol. The second-order valence-corrected chi connectivity index (χ2v) is 12.3. The summed E-state index contributed by atoms with van der Waals surface area (Å²) in [6.45, 7) is 11.7. The number of rotatable bonds is 10. The highest BCUT2D eigenvalue weighted by Gasteiger charge is 2.64. The number of para-hydroxylation sites is 2. The van der Waals surface area contributed by atoms with Gasteiger partial charge in [0.1, 0.15) is 17.5 Å². The Labute approximate surface area is 205 Å². The lowest BCUT2D eigenvalue weighted by Gasteiger charge is -2.45. The Morgan fingerprint density at radius 3 is 2.21 bits per heavy atom. The van der Waals surface area contributed by atoms with Crippen molar-refractivity contribution in [2.45, 2.75) is 82.2 Å². The molecule has 34 heavy (non-hydrogen) atoms. The molecule has 1 aromatic rings. The Hall–Kier alpha value is -2.42. The standard InChI is InChI=1S/C25H36N2O6S/c1-14(2)12-25(13-15(3)4,33-17-11-9-8-10-16(17)32-7)23(31)26-18-20(28)27-19(22(29)30)24(5,6)34-21(18)27/h8-11,14-15,18-19,21H,12-13H2,1-7H3,(H,26,31)(H,29,30)/t18-,19+,21-/m1/s1. The Morgan fingerprint density at radius 2 is 1.71 bits per heavy atom. The monoisotopic (exact) mass is 492 g/mol. The summed E-state index contributed by atoms with van der Waals surface area (Å²) in [6.07, 6.45) is 0.890. The van der Waals surface area contributed by atoms with Crippen molar-refractivity contribution >= 4 is 29.5 Å². The van der Waals surface area contributed by atoms with Crippen molar-refractivity contribution in [3.63, 3.8) is 0 Å². The van der Waals surface area contributed by atoms with Crippen LogP contribution in [0.15, 0.2) is 24.3 Å². The van der Waals surface area contributed by atoms with Crippen LogP contribution in [0.25, 0.3) is 0 Å². The number of nitrogens with zero attached hydrogens (tertiary/aromatic N) is 1. The number of β-lactam (4-membered cyclic amide) rings is 1. The fourth-order valence-electron chi connectivity index (χ4n) is 5.05. The minimum absolute atomic E-state index is 0.143. The highest BCUT2D eigenvalue weighted by atomic mass is 32.2. The summed E-state index contributed by atoms with van der Waals surface area (Å²) in [5.74, 6) is -0.500. The van der Waals surface area contributed by atoms with E-state index in [1.165, 1.54) is 16.7 Å². The predicted molar refractivity (Wildman–Crippen MR) is 131 cm³/mol. The van der Waals surface area contributed by atoms with E-state index in [1.807, 2.05) is 53.7 Å². The lowest BCUT2D eigenvalue weighted by Crippen LogP contribution is -2.72. The van der Waals surface area contributed by atoms with Crippen molar-refractivity contribution in [2.24, 2.45) is 11.8 Å². The predicted octanol–water partition coefficient (Wildman–Crippen LogP) is 3.54. The van der Waals surface area contributed by atoms with Gasteiger partial charge in [-0.2, -0.15) is 0 Å². The number of benzene rings is 1. The van der Waals surface area contributed by atoms with Crippen LogP contribution in [0, 0.1) is 11.8 Å². The number of carboxylic acid groups (broad SMARTS) is 1. The summed E-state index contributed by atoms with van der Waals surface area (Å²) in [6, 6.07) is 5.48. The molecule has 0 unspecified atom stereocenters. The van der Waals surface area contributed by atoms with Crippen LogP contribution < -0.4 is 14.8 Å². The number of hydrogen-bond donors (Lipinski definition) is 2. The number of carbonyl (C=O) groups excluding carboxylic acids is 2. The quantitative estimate of drug-likeness (QED) is 0.481. The van der Waals surface area contributed by atoms with Gasteiger partial charge in [0.2, 0.25) is 5.91 Å². The van der Waals surface area contributed by atoms with Crippen LogP contribution in [0.5, 0.6) is 11.5 Å². The summed E-state index contributed by atoms with van der Waals surface area (Å²) in [4.78, 5) is 40.1. The van der Waals surface area contributed by atoms with Gasteiger partial charge in [-0.25, -0.2) is 4.79 Å². The molecule has 2 amide bonds. The molecule has 0 aromatic heterocycles. The van der Waals surface area contributed by atoms with E-state index < -0.39 is 33.8 Å². The van der Waals surface area contributed by atoms with Crippen LogP contribution in [-0.2, 0) is 14.4 Å². The van der Waals surface area contributed by atoms with Crippen molar-refractivity contribution in [3.8, 4) is 11.5 Å². The number of nitrogens with one attached hydrogen (secondary N) is 1. The Morgan fingerprint density at radius 1 is 1.15 bits per heavy atom. The fraction of sp³-hybridized carbons (Fsp3) is 0.640. The van der Waals surface area contributed by atoms with Crippen LogP contribution in [-0.4, -0.2) is 62.7 Å². The number of amides is 2. The second kappa shape index (κ2) is 9.68. The third-order valence-electron chi connectivity index (χ3n) is 6.23. The van der Waals surface area contributed by atoms with Gasteiger partial charge in [-0.3, -0.25) is 9.59 Å². The molecule has 0 spiro atoms. The molecule has 1 aromatic carbocycles. The molecule has 2 fully saturated rings. The molecule has 2 saturated heterocycles. The Kier molecular flexibility index (Phi) is 7.45. The number of carbonyl (C=O) groups is 3. The van der Waals surface area contributed by atoms with Crippen molar-refractivity contribution in [2.75, 3.05) is 7.11 Å². The minimum Gasteiger partial charge on any atom is -0.493 e. The zero-order chi connectivity index (χ0) is 25.4. The average Bonchev–Trinajstić information content (AvgIpc) is 2.99. The van der Waals surface area contributed by atoms with E-state index in [4.69, 9.17) is 9.47 Å². The van der Waals surface area contributed by atoms with E-state index in [-0.39, 0.29) is 23.7 Å². The minimum atomic E-state index is -1.22. The lowest BCUT2D eigenvalue weighted by molar-refractivity contribution is -0.162. The first-order valence-electron chi connectivity index (χ1n) is 11.7. The normalized spacial score (nSPS) is 23.5. The Bertz CT molecular complexity index is 937. The fourth-order valence-corrected chi connectivity index (χ4v) is 6.67.